The van der Waals surface area contributed by atoms with Gasteiger partial charge in [0.2, 0.25) is 5.91 Å². The summed E-state index contributed by atoms with van der Waals surface area (Å²) in [5, 5.41) is 1.71. The van der Waals surface area contributed by atoms with E-state index in [9.17, 15) is 9.59 Å². The number of hydrogen-bond acceptors (Lipinski definition) is 5. The zero-order valence-corrected chi connectivity index (χ0v) is 18.5. The number of unbranched alkanes of at least 4 members (excludes halogenated alkanes) is 1. The van der Waals surface area contributed by atoms with Gasteiger partial charge in [-0.3, -0.25) is 14.4 Å². The Morgan fingerprint density at radius 1 is 0.818 bits per heavy atom. The van der Waals surface area contributed by atoms with E-state index in [0.29, 0.717) is 12.3 Å². The molecule has 0 aromatic heterocycles. The summed E-state index contributed by atoms with van der Waals surface area (Å²) in [4.78, 5) is 34.3. The maximum Gasteiger partial charge on any atom is 0.266 e. The lowest BCUT2D eigenvalue weighted by molar-refractivity contribution is -0.126. The first-order valence-corrected chi connectivity index (χ1v) is 11.4. The van der Waals surface area contributed by atoms with E-state index in [0.717, 1.165) is 29.8 Å². The van der Waals surface area contributed by atoms with E-state index in [1.54, 1.807) is 17.2 Å². The van der Waals surface area contributed by atoms with E-state index in [2.05, 4.69) is 6.92 Å². The molecule has 2 aliphatic heterocycles. The standard InChI is InChI=1S/C27H26N2O4/c1-2-3-18-32-22-16-14-19(15-17-22)24-23-25(33-29(24)21-12-8-5-9-13-21)27(31)28(26(23)30)20-10-6-4-7-11-20/h4-17,23-25H,2-3,18H2,1H3. The summed E-state index contributed by atoms with van der Waals surface area (Å²) in [6.45, 7) is 2.79. The zero-order chi connectivity index (χ0) is 22.8. The molecule has 0 N–H and O–H groups in total. The Kier molecular flexibility index (Phi) is 5.84. The Bertz CT molecular complexity index is 1120. The molecule has 6 nitrogen and oxygen atoms in total. The maximum absolute atomic E-state index is 13.6. The second-order valence-electron chi connectivity index (χ2n) is 8.28. The number of hydroxylamine groups is 1. The third-order valence-corrected chi connectivity index (χ3v) is 6.13. The number of anilines is 2. The van der Waals surface area contributed by atoms with Crippen LogP contribution in [0, 0.1) is 5.92 Å². The van der Waals surface area contributed by atoms with Crippen molar-refractivity contribution in [3.05, 3.63) is 90.5 Å². The minimum atomic E-state index is -0.872. The molecule has 33 heavy (non-hydrogen) atoms. The van der Waals surface area contributed by atoms with Crippen LogP contribution in [0.25, 0.3) is 0 Å². The molecule has 2 fully saturated rings. The molecule has 2 heterocycles. The van der Waals surface area contributed by atoms with Crippen molar-refractivity contribution in [2.24, 2.45) is 5.92 Å². The van der Waals surface area contributed by atoms with Gasteiger partial charge in [-0.2, -0.15) is 0 Å². The molecule has 3 unspecified atom stereocenters. The minimum Gasteiger partial charge on any atom is -0.494 e. The van der Waals surface area contributed by atoms with E-state index in [4.69, 9.17) is 9.57 Å². The lowest BCUT2D eigenvalue weighted by atomic mass is 9.90. The first-order chi connectivity index (χ1) is 16.2. The topological polar surface area (TPSA) is 59.1 Å². The summed E-state index contributed by atoms with van der Waals surface area (Å²) in [6, 6.07) is 25.9. The van der Waals surface area contributed by atoms with Gasteiger partial charge in [-0.15, -0.1) is 0 Å². The Morgan fingerprint density at radius 3 is 2.09 bits per heavy atom. The molecule has 3 aromatic rings. The monoisotopic (exact) mass is 442 g/mol. The lowest BCUT2D eigenvalue weighted by Gasteiger charge is -2.28. The normalized spacial score (nSPS) is 22.0. The fourth-order valence-electron chi connectivity index (χ4n) is 4.48. The Balaban J connectivity index is 1.50. The van der Waals surface area contributed by atoms with Crippen LogP contribution in [0.15, 0.2) is 84.9 Å². The number of rotatable bonds is 7. The molecule has 2 aliphatic rings. The largest absolute Gasteiger partial charge is 0.494 e. The average molecular weight is 443 g/mol. The maximum atomic E-state index is 13.6. The number of imide groups is 1. The fourth-order valence-corrected chi connectivity index (χ4v) is 4.48. The molecule has 0 spiro atoms. The van der Waals surface area contributed by atoms with Crippen LogP contribution in [0.1, 0.15) is 31.4 Å². The SMILES string of the molecule is CCCCOc1ccc(C2C3C(=O)N(c4ccccc4)C(=O)C3ON2c2ccccc2)cc1. The molecule has 168 valence electrons. The summed E-state index contributed by atoms with van der Waals surface area (Å²) < 4.78 is 5.80. The fraction of sp³-hybridized carbons (Fsp3) is 0.259. The highest BCUT2D eigenvalue weighted by molar-refractivity contribution is 6.23. The first kappa shape index (κ1) is 21.2. The smallest absolute Gasteiger partial charge is 0.266 e. The molecule has 3 atom stereocenters. The van der Waals surface area contributed by atoms with Crippen molar-refractivity contribution in [3.63, 3.8) is 0 Å². The van der Waals surface area contributed by atoms with Crippen LogP contribution < -0.4 is 14.7 Å². The summed E-state index contributed by atoms with van der Waals surface area (Å²) in [7, 11) is 0. The molecule has 3 aromatic carbocycles. The number of carbonyl (C=O) groups excluding carboxylic acids is 2. The van der Waals surface area contributed by atoms with Crippen LogP contribution in [0.4, 0.5) is 11.4 Å². The summed E-state index contributed by atoms with van der Waals surface area (Å²) >= 11 is 0. The number of nitrogens with zero attached hydrogens (tertiary/aromatic N) is 2. The van der Waals surface area contributed by atoms with E-state index in [1.807, 2.05) is 72.8 Å². The minimum absolute atomic E-state index is 0.247. The van der Waals surface area contributed by atoms with Gasteiger partial charge in [0.1, 0.15) is 11.7 Å². The molecule has 2 amide bonds. The van der Waals surface area contributed by atoms with Gasteiger partial charge in [0.05, 0.1) is 24.0 Å². The molecule has 0 radical (unpaired) electrons. The number of fused-ring (bicyclic) bond motifs is 1. The predicted molar refractivity (Wildman–Crippen MR) is 126 cm³/mol. The molecular formula is C27H26N2O4. The Hall–Kier alpha value is -3.64. The first-order valence-electron chi connectivity index (χ1n) is 11.4. The van der Waals surface area contributed by atoms with E-state index >= 15 is 0 Å². The Labute approximate surface area is 193 Å². The number of para-hydroxylation sites is 2. The number of hydrogen-bond donors (Lipinski definition) is 0. The molecule has 5 rings (SSSR count). The third-order valence-electron chi connectivity index (χ3n) is 6.13. The molecule has 0 aliphatic carbocycles. The van der Waals surface area contributed by atoms with Crippen LogP contribution in [-0.4, -0.2) is 24.5 Å². The predicted octanol–water partition coefficient (Wildman–Crippen LogP) is 4.92. The number of ether oxygens (including phenoxy) is 1. The van der Waals surface area contributed by atoms with Crippen molar-refractivity contribution in [2.75, 3.05) is 16.6 Å². The summed E-state index contributed by atoms with van der Waals surface area (Å²) in [5.74, 6) is -0.444. The zero-order valence-electron chi connectivity index (χ0n) is 18.5. The van der Waals surface area contributed by atoms with Crippen molar-refractivity contribution in [3.8, 4) is 5.75 Å². The van der Waals surface area contributed by atoms with E-state index in [-0.39, 0.29) is 11.8 Å². The van der Waals surface area contributed by atoms with Gasteiger partial charge >= 0.3 is 0 Å². The second kappa shape index (κ2) is 9.08. The average Bonchev–Trinajstić information content (AvgIpc) is 3.37. The number of amides is 2. The van der Waals surface area contributed by atoms with Gasteiger partial charge < -0.3 is 4.74 Å². The van der Waals surface area contributed by atoms with Crippen molar-refractivity contribution in [1.29, 1.82) is 0 Å². The molecule has 6 heteroatoms. The molecule has 0 saturated carbocycles. The van der Waals surface area contributed by atoms with Crippen molar-refractivity contribution in [1.82, 2.24) is 0 Å². The van der Waals surface area contributed by atoms with Crippen LogP contribution >= 0.6 is 0 Å². The third kappa shape index (κ3) is 3.87. The van der Waals surface area contributed by atoms with E-state index < -0.39 is 18.1 Å². The summed E-state index contributed by atoms with van der Waals surface area (Å²) in [6.07, 6.45) is 1.19. The quantitative estimate of drug-likeness (QED) is 0.384. The van der Waals surface area contributed by atoms with Gasteiger partial charge in [0.15, 0.2) is 6.10 Å². The van der Waals surface area contributed by atoms with Crippen LogP contribution in [0.5, 0.6) is 5.75 Å². The van der Waals surface area contributed by atoms with Crippen molar-refractivity contribution < 1.29 is 19.2 Å². The molecule has 0 bridgehead atoms. The van der Waals surface area contributed by atoms with Crippen molar-refractivity contribution >= 4 is 23.2 Å². The molecule has 2 saturated heterocycles. The van der Waals surface area contributed by atoms with Crippen molar-refractivity contribution in [2.45, 2.75) is 31.9 Å². The highest BCUT2D eigenvalue weighted by atomic mass is 16.7. The molecular weight excluding hydrogens is 416 g/mol. The lowest BCUT2D eigenvalue weighted by Crippen LogP contribution is -2.37. The highest BCUT2D eigenvalue weighted by Gasteiger charge is 2.60. The van der Waals surface area contributed by atoms with Gasteiger partial charge in [0, 0.05) is 0 Å². The van der Waals surface area contributed by atoms with Gasteiger partial charge in [-0.25, -0.2) is 9.96 Å². The highest BCUT2D eigenvalue weighted by Crippen LogP contribution is 2.47. The van der Waals surface area contributed by atoms with Crippen LogP contribution in [0.3, 0.4) is 0 Å². The van der Waals surface area contributed by atoms with Gasteiger partial charge in [0.25, 0.3) is 5.91 Å². The second-order valence-corrected chi connectivity index (χ2v) is 8.28. The van der Waals surface area contributed by atoms with E-state index in [1.165, 1.54) is 4.90 Å². The Morgan fingerprint density at radius 2 is 1.45 bits per heavy atom. The number of carbonyl (C=O) groups is 2. The summed E-state index contributed by atoms with van der Waals surface area (Å²) in [5.41, 5.74) is 2.26. The van der Waals surface area contributed by atoms with Crippen LogP contribution in [-0.2, 0) is 14.4 Å². The number of benzene rings is 3. The van der Waals surface area contributed by atoms with Crippen LogP contribution in [0.2, 0.25) is 0 Å². The van der Waals surface area contributed by atoms with Gasteiger partial charge in [-0.05, 0) is 48.4 Å². The van der Waals surface area contributed by atoms with Gasteiger partial charge in [-0.1, -0.05) is 61.9 Å².